The molecule has 1 aromatic rings. The molecule has 0 radical (unpaired) electrons. The molecule has 1 saturated heterocycles. The second kappa shape index (κ2) is 8.61. The Kier molecular flexibility index (Phi) is 6.77. The molecule has 2 rings (SSSR count). The smallest absolute Gasteiger partial charge is 0.220 e. The molecule has 0 bridgehead atoms. The molecule has 4 heteroatoms. The summed E-state index contributed by atoms with van der Waals surface area (Å²) in [5, 5.41) is 3.01. The van der Waals surface area contributed by atoms with Crippen molar-refractivity contribution in [3.63, 3.8) is 0 Å². The average molecular weight is 344 g/mol. The Morgan fingerprint density at radius 3 is 2.36 bits per heavy atom. The first-order valence-corrected chi connectivity index (χ1v) is 9.42. The topological polar surface area (TPSA) is 49.4 Å². The molecule has 25 heavy (non-hydrogen) atoms. The number of likely N-dealkylation sites (tertiary alicyclic amines) is 1. The van der Waals surface area contributed by atoms with Gasteiger partial charge < -0.3 is 5.32 Å². The fourth-order valence-corrected chi connectivity index (χ4v) is 3.30. The number of aryl methyl sites for hydroxylation is 2. The van der Waals surface area contributed by atoms with Crippen LogP contribution in [-0.4, -0.2) is 41.8 Å². The Bertz CT molecular complexity index is 616. The number of Topliss-reactive ketones (excluding diaryl/α,β-unsaturated/α-hetero) is 1. The number of piperidine rings is 1. The minimum atomic E-state index is -0.0396. The zero-order chi connectivity index (χ0) is 18.4. The van der Waals surface area contributed by atoms with Gasteiger partial charge >= 0.3 is 0 Å². The molecule has 1 heterocycles. The highest BCUT2D eigenvalue weighted by atomic mass is 16.2. The van der Waals surface area contributed by atoms with Crippen LogP contribution in [0.2, 0.25) is 0 Å². The van der Waals surface area contributed by atoms with Crippen LogP contribution in [0.3, 0.4) is 0 Å². The maximum Gasteiger partial charge on any atom is 0.220 e. The molecule has 0 saturated carbocycles. The Hall–Kier alpha value is -1.68. The fourth-order valence-electron chi connectivity index (χ4n) is 3.30. The lowest BCUT2D eigenvalue weighted by molar-refractivity contribution is -0.121. The van der Waals surface area contributed by atoms with Crippen LogP contribution >= 0.6 is 0 Å². The van der Waals surface area contributed by atoms with E-state index in [1.165, 1.54) is 24.8 Å². The third-order valence-corrected chi connectivity index (χ3v) is 5.34. The first-order valence-electron chi connectivity index (χ1n) is 9.42. The summed E-state index contributed by atoms with van der Waals surface area (Å²) in [6, 6.07) is 5.72. The molecule has 0 spiro atoms. The standard InChI is InChI=1S/C21H32N2O2/c1-16-8-9-18(14-17(16)2)19(24)10-11-20(25)22-15-21(3,4)23-12-6-5-7-13-23/h8-9,14H,5-7,10-13,15H2,1-4H3,(H,22,25). The predicted molar refractivity (Wildman–Crippen MR) is 102 cm³/mol. The molecule has 0 unspecified atom stereocenters. The van der Waals surface area contributed by atoms with Crippen molar-refractivity contribution in [3.8, 4) is 0 Å². The molecule has 1 amide bonds. The van der Waals surface area contributed by atoms with Crippen molar-refractivity contribution in [2.75, 3.05) is 19.6 Å². The fraction of sp³-hybridized carbons (Fsp3) is 0.619. The summed E-state index contributed by atoms with van der Waals surface area (Å²) >= 11 is 0. The van der Waals surface area contributed by atoms with Crippen LogP contribution in [0.25, 0.3) is 0 Å². The van der Waals surface area contributed by atoms with Crippen LogP contribution in [-0.2, 0) is 4.79 Å². The van der Waals surface area contributed by atoms with Gasteiger partial charge in [0.15, 0.2) is 5.78 Å². The normalized spacial score (nSPS) is 15.8. The molecule has 4 nitrogen and oxygen atoms in total. The number of carbonyl (C=O) groups is 2. The van der Waals surface area contributed by atoms with E-state index in [0.717, 1.165) is 18.7 Å². The zero-order valence-corrected chi connectivity index (χ0v) is 16.2. The van der Waals surface area contributed by atoms with E-state index in [9.17, 15) is 9.59 Å². The van der Waals surface area contributed by atoms with Crippen LogP contribution in [0.15, 0.2) is 18.2 Å². The SMILES string of the molecule is Cc1ccc(C(=O)CCC(=O)NCC(C)(C)N2CCCCC2)cc1C. The van der Waals surface area contributed by atoms with Gasteiger partial charge in [0.1, 0.15) is 0 Å². The minimum Gasteiger partial charge on any atom is -0.354 e. The van der Waals surface area contributed by atoms with Crippen molar-refractivity contribution in [2.24, 2.45) is 0 Å². The second-order valence-corrected chi connectivity index (χ2v) is 7.86. The Morgan fingerprint density at radius 2 is 1.72 bits per heavy atom. The highest BCUT2D eigenvalue weighted by Crippen LogP contribution is 2.20. The van der Waals surface area contributed by atoms with Crippen molar-refractivity contribution in [2.45, 2.75) is 65.3 Å². The van der Waals surface area contributed by atoms with Crippen molar-refractivity contribution in [3.05, 3.63) is 34.9 Å². The molecule has 1 fully saturated rings. The van der Waals surface area contributed by atoms with Gasteiger partial charge in [-0.05, 0) is 70.8 Å². The van der Waals surface area contributed by atoms with E-state index >= 15 is 0 Å². The molecular formula is C21H32N2O2. The number of hydrogen-bond donors (Lipinski definition) is 1. The summed E-state index contributed by atoms with van der Waals surface area (Å²) in [7, 11) is 0. The Morgan fingerprint density at radius 1 is 1.04 bits per heavy atom. The molecule has 1 aliphatic heterocycles. The Balaban J connectivity index is 1.78. The van der Waals surface area contributed by atoms with Gasteiger partial charge in [-0.25, -0.2) is 0 Å². The first-order chi connectivity index (χ1) is 11.8. The van der Waals surface area contributed by atoms with Crippen LogP contribution < -0.4 is 5.32 Å². The van der Waals surface area contributed by atoms with Gasteiger partial charge in [0.2, 0.25) is 5.91 Å². The number of hydrogen-bond acceptors (Lipinski definition) is 3. The van der Waals surface area contributed by atoms with E-state index < -0.39 is 0 Å². The maximum atomic E-state index is 12.3. The highest BCUT2D eigenvalue weighted by molar-refractivity contribution is 5.98. The lowest BCUT2D eigenvalue weighted by Crippen LogP contribution is -2.53. The summed E-state index contributed by atoms with van der Waals surface area (Å²) in [6.07, 6.45) is 4.30. The van der Waals surface area contributed by atoms with Crippen molar-refractivity contribution >= 4 is 11.7 Å². The predicted octanol–water partition coefficient (Wildman–Crippen LogP) is 3.65. The average Bonchev–Trinajstić information content (AvgIpc) is 2.61. The number of nitrogens with one attached hydrogen (secondary N) is 1. The molecule has 0 aliphatic carbocycles. The van der Waals surface area contributed by atoms with Gasteiger partial charge in [0.25, 0.3) is 0 Å². The number of rotatable bonds is 7. The van der Waals surface area contributed by atoms with E-state index in [4.69, 9.17) is 0 Å². The van der Waals surface area contributed by atoms with Crippen molar-refractivity contribution in [1.29, 1.82) is 0 Å². The van der Waals surface area contributed by atoms with Gasteiger partial charge in [-0.15, -0.1) is 0 Å². The van der Waals surface area contributed by atoms with E-state index in [0.29, 0.717) is 12.1 Å². The van der Waals surface area contributed by atoms with Crippen LogP contribution in [0, 0.1) is 13.8 Å². The summed E-state index contributed by atoms with van der Waals surface area (Å²) in [4.78, 5) is 26.9. The summed E-state index contributed by atoms with van der Waals surface area (Å²) < 4.78 is 0. The highest BCUT2D eigenvalue weighted by Gasteiger charge is 2.28. The summed E-state index contributed by atoms with van der Waals surface area (Å²) in [6.45, 7) is 11.2. The number of carbonyl (C=O) groups excluding carboxylic acids is 2. The monoisotopic (exact) mass is 344 g/mol. The minimum absolute atomic E-state index is 0.0336. The quantitative estimate of drug-likeness (QED) is 0.768. The zero-order valence-electron chi connectivity index (χ0n) is 16.2. The molecule has 138 valence electrons. The number of amides is 1. The third-order valence-electron chi connectivity index (χ3n) is 5.34. The number of nitrogens with zero attached hydrogens (tertiary/aromatic N) is 1. The number of benzene rings is 1. The van der Waals surface area contributed by atoms with Crippen molar-refractivity contribution < 1.29 is 9.59 Å². The van der Waals surface area contributed by atoms with E-state index in [-0.39, 0.29) is 30.1 Å². The van der Waals surface area contributed by atoms with Crippen LogP contribution in [0.1, 0.15) is 67.4 Å². The van der Waals surface area contributed by atoms with Crippen LogP contribution in [0.5, 0.6) is 0 Å². The van der Waals surface area contributed by atoms with Crippen LogP contribution in [0.4, 0.5) is 0 Å². The molecule has 0 atom stereocenters. The maximum absolute atomic E-state index is 12.3. The first kappa shape index (κ1) is 19.6. The summed E-state index contributed by atoms with van der Waals surface area (Å²) in [5.41, 5.74) is 2.95. The molecule has 0 aromatic heterocycles. The van der Waals surface area contributed by atoms with Gasteiger partial charge in [0.05, 0.1) is 0 Å². The van der Waals surface area contributed by atoms with Gasteiger partial charge in [-0.2, -0.15) is 0 Å². The van der Waals surface area contributed by atoms with E-state index in [1.54, 1.807) is 0 Å². The largest absolute Gasteiger partial charge is 0.354 e. The third kappa shape index (κ3) is 5.67. The van der Waals surface area contributed by atoms with Gasteiger partial charge in [-0.3, -0.25) is 14.5 Å². The van der Waals surface area contributed by atoms with Gasteiger partial charge in [-0.1, -0.05) is 18.6 Å². The summed E-state index contributed by atoms with van der Waals surface area (Å²) in [5.74, 6) is -0.00388. The molecule has 1 N–H and O–H groups in total. The lowest BCUT2D eigenvalue weighted by Gasteiger charge is -2.41. The van der Waals surface area contributed by atoms with Gasteiger partial charge in [0, 0.05) is 30.5 Å². The molecular weight excluding hydrogens is 312 g/mol. The second-order valence-electron chi connectivity index (χ2n) is 7.86. The number of ketones is 1. The van der Waals surface area contributed by atoms with E-state index in [1.807, 2.05) is 32.0 Å². The van der Waals surface area contributed by atoms with Crippen molar-refractivity contribution in [1.82, 2.24) is 10.2 Å². The molecule has 1 aliphatic rings. The van der Waals surface area contributed by atoms with E-state index in [2.05, 4.69) is 24.1 Å². The Labute approximate surface area is 152 Å². The lowest BCUT2D eigenvalue weighted by atomic mass is 9.98. The molecule has 1 aromatic carbocycles.